The molecule has 0 unspecified atom stereocenters. The van der Waals surface area contributed by atoms with Crippen LogP contribution in [0.5, 0.6) is 0 Å². The Morgan fingerprint density at radius 2 is 1.90 bits per heavy atom. The van der Waals surface area contributed by atoms with Crippen LogP contribution in [-0.2, 0) is 0 Å². The normalized spacial score (nSPS) is 10.7. The average molecular weight is 283 g/mol. The van der Waals surface area contributed by atoms with Crippen LogP contribution in [-0.4, -0.2) is 9.97 Å². The van der Waals surface area contributed by atoms with Gasteiger partial charge in [-0.05, 0) is 49.2 Å². The van der Waals surface area contributed by atoms with E-state index in [1.807, 2.05) is 26.0 Å². The summed E-state index contributed by atoms with van der Waals surface area (Å²) in [6.45, 7) is 4.08. The van der Waals surface area contributed by atoms with E-state index in [-0.39, 0.29) is 5.56 Å². The van der Waals surface area contributed by atoms with Crippen molar-refractivity contribution in [2.24, 2.45) is 0 Å². The SMILES string of the molecule is Cc1cc(C)cc(Nc2nc(=O)c3cccnc3s2)c1. The summed E-state index contributed by atoms with van der Waals surface area (Å²) in [6, 6.07) is 9.63. The molecule has 2 heterocycles. The minimum absolute atomic E-state index is 0.251. The number of nitrogens with one attached hydrogen (secondary N) is 1. The zero-order valence-corrected chi connectivity index (χ0v) is 12.0. The summed E-state index contributed by atoms with van der Waals surface area (Å²) in [7, 11) is 0. The molecule has 2 aromatic heterocycles. The minimum atomic E-state index is -0.251. The van der Waals surface area contributed by atoms with Gasteiger partial charge in [-0.15, -0.1) is 0 Å². The Morgan fingerprint density at radius 3 is 2.65 bits per heavy atom. The van der Waals surface area contributed by atoms with E-state index in [1.54, 1.807) is 18.3 Å². The quantitative estimate of drug-likeness (QED) is 0.783. The number of anilines is 2. The smallest absolute Gasteiger partial charge is 0.282 e. The largest absolute Gasteiger partial charge is 0.331 e. The molecule has 100 valence electrons. The van der Waals surface area contributed by atoms with Crippen molar-refractivity contribution in [3.8, 4) is 0 Å². The van der Waals surface area contributed by atoms with Crippen LogP contribution in [0.25, 0.3) is 10.2 Å². The van der Waals surface area contributed by atoms with E-state index in [2.05, 4.69) is 21.4 Å². The minimum Gasteiger partial charge on any atom is -0.331 e. The van der Waals surface area contributed by atoms with Crippen molar-refractivity contribution in [1.82, 2.24) is 9.97 Å². The van der Waals surface area contributed by atoms with Crippen molar-refractivity contribution < 1.29 is 0 Å². The summed E-state index contributed by atoms with van der Waals surface area (Å²) < 4.78 is 0. The molecular weight excluding hydrogens is 270 g/mol. The van der Waals surface area contributed by atoms with Crippen molar-refractivity contribution in [2.45, 2.75) is 13.8 Å². The third-order valence-corrected chi connectivity index (χ3v) is 3.78. The fourth-order valence-corrected chi connectivity index (χ4v) is 2.99. The number of pyridine rings is 1. The second-order valence-corrected chi connectivity index (χ2v) is 5.66. The molecule has 0 fully saturated rings. The standard InChI is InChI=1S/C15H13N3OS/c1-9-6-10(2)8-11(7-9)17-15-18-13(19)12-4-3-5-16-14(12)20-15/h3-8H,1-2H3,(H,17,18,19). The Hall–Kier alpha value is -2.27. The van der Waals surface area contributed by atoms with Gasteiger partial charge in [0.2, 0.25) is 0 Å². The van der Waals surface area contributed by atoms with Gasteiger partial charge in [0, 0.05) is 11.9 Å². The first-order valence-corrected chi connectivity index (χ1v) is 7.05. The molecule has 0 amide bonds. The van der Waals surface area contributed by atoms with Crippen LogP contribution in [0.3, 0.4) is 0 Å². The molecule has 0 saturated heterocycles. The van der Waals surface area contributed by atoms with Crippen molar-refractivity contribution >= 4 is 32.4 Å². The molecule has 4 nitrogen and oxygen atoms in total. The third kappa shape index (κ3) is 2.53. The topological polar surface area (TPSA) is 54.9 Å². The second-order valence-electron chi connectivity index (χ2n) is 4.68. The van der Waals surface area contributed by atoms with Gasteiger partial charge in [0.25, 0.3) is 5.56 Å². The van der Waals surface area contributed by atoms with Gasteiger partial charge in [-0.2, -0.15) is 4.98 Å². The average Bonchev–Trinajstić information content (AvgIpc) is 2.37. The number of nitrogens with zero attached hydrogens (tertiary/aromatic N) is 2. The van der Waals surface area contributed by atoms with Gasteiger partial charge in [0.05, 0.1) is 5.39 Å². The lowest BCUT2D eigenvalue weighted by molar-refractivity contribution is 1.28. The maximum atomic E-state index is 11.9. The van der Waals surface area contributed by atoms with E-state index < -0.39 is 0 Å². The van der Waals surface area contributed by atoms with Crippen molar-refractivity contribution in [1.29, 1.82) is 0 Å². The van der Waals surface area contributed by atoms with Gasteiger partial charge >= 0.3 is 0 Å². The Morgan fingerprint density at radius 1 is 1.15 bits per heavy atom. The highest BCUT2D eigenvalue weighted by molar-refractivity contribution is 7.21. The summed E-state index contributed by atoms with van der Waals surface area (Å²) >= 11 is 1.37. The monoisotopic (exact) mass is 283 g/mol. The number of hydrogen-bond donors (Lipinski definition) is 1. The predicted octanol–water partition coefficient (Wildman–Crippen LogP) is 3.41. The number of aryl methyl sites for hydroxylation is 2. The number of hydrogen-bond acceptors (Lipinski definition) is 5. The van der Waals surface area contributed by atoms with Crippen LogP contribution in [0.1, 0.15) is 11.1 Å². The number of aromatic nitrogens is 2. The first kappa shape index (κ1) is 12.7. The van der Waals surface area contributed by atoms with Gasteiger partial charge in [-0.25, -0.2) is 4.98 Å². The Balaban J connectivity index is 2.04. The highest BCUT2D eigenvalue weighted by Crippen LogP contribution is 2.23. The van der Waals surface area contributed by atoms with Gasteiger partial charge in [0.1, 0.15) is 4.83 Å². The molecule has 5 heteroatoms. The lowest BCUT2D eigenvalue weighted by Crippen LogP contribution is -2.08. The van der Waals surface area contributed by atoms with Crippen LogP contribution < -0.4 is 10.9 Å². The fourth-order valence-electron chi connectivity index (χ4n) is 2.13. The Bertz CT molecular complexity index is 822. The molecular formula is C15H13N3OS. The number of fused-ring (bicyclic) bond motifs is 1. The maximum absolute atomic E-state index is 11.9. The molecule has 0 spiro atoms. The highest BCUT2D eigenvalue weighted by atomic mass is 32.1. The maximum Gasteiger partial charge on any atom is 0.282 e. The molecule has 0 aliphatic rings. The van der Waals surface area contributed by atoms with Crippen molar-refractivity contribution in [3.63, 3.8) is 0 Å². The molecule has 3 aromatic rings. The van der Waals surface area contributed by atoms with E-state index in [0.29, 0.717) is 15.3 Å². The van der Waals surface area contributed by atoms with Crippen LogP contribution >= 0.6 is 11.3 Å². The van der Waals surface area contributed by atoms with Crippen LogP contribution in [0, 0.1) is 13.8 Å². The first-order valence-electron chi connectivity index (χ1n) is 6.23. The summed E-state index contributed by atoms with van der Waals surface area (Å²) in [4.78, 5) is 20.9. The molecule has 0 bridgehead atoms. The van der Waals surface area contributed by atoms with Crippen LogP contribution in [0.4, 0.5) is 10.8 Å². The van der Waals surface area contributed by atoms with Gasteiger partial charge < -0.3 is 5.32 Å². The summed E-state index contributed by atoms with van der Waals surface area (Å²) in [5.74, 6) is 0. The predicted molar refractivity (Wildman–Crippen MR) is 82.9 cm³/mol. The van der Waals surface area contributed by atoms with Crippen LogP contribution in [0.15, 0.2) is 41.3 Å². The highest BCUT2D eigenvalue weighted by Gasteiger charge is 2.05. The molecule has 0 atom stereocenters. The van der Waals surface area contributed by atoms with E-state index in [1.165, 1.54) is 22.5 Å². The molecule has 1 N–H and O–H groups in total. The second kappa shape index (κ2) is 5.02. The van der Waals surface area contributed by atoms with E-state index in [9.17, 15) is 4.79 Å². The lowest BCUT2D eigenvalue weighted by Gasteiger charge is -2.07. The zero-order valence-electron chi connectivity index (χ0n) is 11.2. The van der Waals surface area contributed by atoms with E-state index >= 15 is 0 Å². The molecule has 0 radical (unpaired) electrons. The molecule has 0 aliphatic heterocycles. The number of benzene rings is 1. The van der Waals surface area contributed by atoms with Crippen molar-refractivity contribution in [2.75, 3.05) is 5.32 Å². The molecule has 20 heavy (non-hydrogen) atoms. The summed E-state index contributed by atoms with van der Waals surface area (Å²) in [5, 5.41) is 4.31. The molecule has 1 aromatic carbocycles. The third-order valence-electron chi connectivity index (χ3n) is 2.87. The van der Waals surface area contributed by atoms with Gasteiger partial charge in [-0.3, -0.25) is 4.79 Å². The number of rotatable bonds is 2. The van der Waals surface area contributed by atoms with Gasteiger partial charge in [-0.1, -0.05) is 17.4 Å². The Kier molecular flexibility index (Phi) is 3.20. The van der Waals surface area contributed by atoms with Crippen LogP contribution in [0.2, 0.25) is 0 Å². The van der Waals surface area contributed by atoms with Gasteiger partial charge in [0.15, 0.2) is 5.13 Å². The lowest BCUT2D eigenvalue weighted by atomic mass is 10.1. The molecule has 3 rings (SSSR count). The zero-order chi connectivity index (χ0) is 14.1. The summed E-state index contributed by atoms with van der Waals surface area (Å²) in [6.07, 6.45) is 1.68. The molecule has 0 saturated carbocycles. The van der Waals surface area contributed by atoms with E-state index in [0.717, 1.165) is 5.69 Å². The first-order chi connectivity index (χ1) is 9.61. The fraction of sp³-hybridized carbons (Fsp3) is 0.133. The molecule has 0 aliphatic carbocycles. The van der Waals surface area contributed by atoms with E-state index in [4.69, 9.17) is 0 Å². The Labute approximate surface area is 120 Å². The summed E-state index contributed by atoms with van der Waals surface area (Å²) in [5.41, 5.74) is 3.01. The van der Waals surface area contributed by atoms with Crippen molar-refractivity contribution in [3.05, 3.63) is 58.0 Å².